The highest BCUT2D eigenvalue weighted by Crippen LogP contribution is 2.15. The van der Waals surface area contributed by atoms with Gasteiger partial charge in [-0.3, -0.25) is 4.79 Å². The molecule has 0 aromatic heterocycles. The highest BCUT2D eigenvalue weighted by Gasteiger charge is 2.27. The van der Waals surface area contributed by atoms with Crippen molar-refractivity contribution in [3.8, 4) is 0 Å². The number of hydrogen-bond acceptors (Lipinski definition) is 3. The lowest BCUT2D eigenvalue weighted by Crippen LogP contribution is -2.20. The minimum absolute atomic E-state index is 0.144. The van der Waals surface area contributed by atoms with Crippen molar-refractivity contribution in [1.82, 2.24) is 0 Å². The van der Waals surface area contributed by atoms with Gasteiger partial charge in [-0.1, -0.05) is 18.2 Å². The maximum absolute atomic E-state index is 11.8. The number of benzene rings is 1. The lowest BCUT2D eigenvalue weighted by molar-refractivity contribution is -0.174. The number of alkyl halides is 3. The number of carbonyl (C=O) groups is 1. The van der Waals surface area contributed by atoms with Crippen molar-refractivity contribution < 1.29 is 22.7 Å². The van der Waals surface area contributed by atoms with Crippen LogP contribution in [0, 0.1) is 0 Å². The van der Waals surface area contributed by atoms with Crippen molar-refractivity contribution in [2.24, 2.45) is 5.73 Å². The summed E-state index contributed by atoms with van der Waals surface area (Å²) in [5, 5.41) is 2.58. The van der Waals surface area contributed by atoms with E-state index in [2.05, 4.69) is 10.1 Å². The molecule has 1 amide bonds. The van der Waals surface area contributed by atoms with Gasteiger partial charge in [-0.25, -0.2) is 0 Å². The standard InChI is InChI=1S/C12H15F3N2O2/c13-12(14,15)8-19-6-5-11(18)17-10-4-2-1-3-9(10)7-16/h1-4H,5-8,16H2,(H,17,18). The van der Waals surface area contributed by atoms with Crippen LogP contribution in [-0.2, 0) is 16.1 Å². The van der Waals surface area contributed by atoms with E-state index in [1.165, 1.54) is 0 Å². The first kappa shape index (κ1) is 15.5. The van der Waals surface area contributed by atoms with E-state index in [0.29, 0.717) is 5.69 Å². The summed E-state index contributed by atoms with van der Waals surface area (Å²) in [5.41, 5.74) is 6.81. The number of carbonyl (C=O) groups excluding carboxylic acids is 1. The summed E-state index contributed by atoms with van der Waals surface area (Å²) in [6.07, 6.45) is -4.52. The van der Waals surface area contributed by atoms with Crippen LogP contribution in [-0.4, -0.2) is 25.3 Å². The molecule has 1 aromatic carbocycles. The van der Waals surface area contributed by atoms with E-state index in [1.807, 2.05) is 0 Å². The van der Waals surface area contributed by atoms with Gasteiger partial charge in [-0.15, -0.1) is 0 Å². The third kappa shape index (κ3) is 6.21. The van der Waals surface area contributed by atoms with Gasteiger partial charge in [0, 0.05) is 12.2 Å². The Bertz CT molecular complexity index is 422. The van der Waals surface area contributed by atoms with Crippen LogP contribution < -0.4 is 11.1 Å². The fourth-order valence-electron chi connectivity index (χ4n) is 1.39. The molecular weight excluding hydrogens is 261 g/mol. The predicted molar refractivity (Wildman–Crippen MR) is 64.5 cm³/mol. The number of para-hydroxylation sites is 1. The molecule has 0 bridgehead atoms. The second kappa shape index (κ2) is 7.10. The highest BCUT2D eigenvalue weighted by atomic mass is 19.4. The van der Waals surface area contributed by atoms with Crippen LogP contribution >= 0.6 is 0 Å². The Morgan fingerprint density at radius 2 is 2.00 bits per heavy atom. The first-order valence-electron chi connectivity index (χ1n) is 5.64. The maximum atomic E-state index is 11.8. The smallest absolute Gasteiger partial charge is 0.372 e. The summed E-state index contributed by atoms with van der Waals surface area (Å²) < 4.78 is 39.7. The SMILES string of the molecule is NCc1ccccc1NC(=O)CCOCC(F)(F)F. The van der Waals surface area contributed by atoms with E-state index in [1.54, 1.807) is 24.3 Å². The van der Waals surface area contributed by atoms with E-state index in [0.717, 1.165) is 5.56 Å². The Morgan fingerprint density at radius 1 is 1.32 bits per heavy atom. The molecule has 0 radical (unpaired) electrons. The Labute approximate surface area is 108 Å². The molecule has 0 aliphatic heterocycles. The molecule has 19 heavy (non-hydrogen) atoms. The Kier molecular flexibility index (Phi) is 5.78. The van der Waals surface area contributed by atoms with Crippen molar-refractivity contribution in [3.63, 3.8) is 0 Å². The molecule has 0 spiro atoms. The number of nitrogens with one attached hydrogen (secondary N) is 1. The van der Waals surface area contributed by atoms with Crippen LogP contribution in [0.4, 0.5) is 18.9 Å². The van der Waals surface area contributed by atoms with Crippen molar-refractivity contribution in [2.75, 3.05) is 18.5 Å². The molecule has 0 saturated heterocycles. The Balaban J connectivity index is 2.35. The van der Waals surface area contributed by atoms with Gasteiger partial charge in [0.1, 0.15) is 6.61 Å². The Hall–Kier alpha value is -1.60. The molecule has 106 valence electrons. The minimum Gasteiger partial charge on any atom is -0.372 e. The van der Waals surface area contributed by atoms with Gasteiger partial charge >= 0.3 is 6.18 Å². The van der Waals surface area contributed by atoms with E-state index in [4.69, 9.17) is 5.73 Å². The van der Waals surface area contributed by atoms with Crippen LogP contribution in [0.15, 0.2) is 24.3 Å². The van der Waals surface area contributed by atoms with Crippen LogP contribution in [0.5, 0.6) is 0 Å². The summed E-state index contributed by atoms with van der Waals surface area (Å²) in [4.78, 5) is 11.5. The third-order valence-electron chi connectivity index (χ3n) is 2.25. The number of anilines is 1. The summed E-state index contributed by atoms with van der Waals surface area (Å²) in [7, 11) is 0. The molecule has 4 nitrogen and oxygen atoms in total. The average molecular weight is 276 g/mol. The molecule has 0 fully saturated rings. The van der Waals surface area contributed by atoms with Gasteiger partial charge in [0.15, 0.2) is 0 Å². The molecule has 0 heterocycles. The van der Waals surface area contributed by atoms with Crippen LogP contribution in [0.2, 0.25) is 0 Å². The van der Waals surface area contributed by atoms with Gasteiger partial charge in [-0.05, 0) is 11.6 Å². The Morgan fingerprint density at radius 3 is 2.63 bits per heavy atom. The first-order chi connectivity index (χ1) is 8.92. The minimum atomic E-state index is -4.37. The van der Waals surface area contributed by atoms with E-state index < -0.39 is 18.7 Å². The lowest BCUT2D eigenvalue weighted by Gasteiger charge is -2.10. The maximum Gasteiger partial charge on any atom is 0.411 e. The van der Waals surface area contributed by atoms with Crippen molar-refractivity contribution in [1.29, 1.82) is 0 Å². The summed E-state index contributed by atoms with van der Waals surface area (Å²) in [6, 6.07) is 6.95. The number of halogens is 3. The molecule has 0 aliphatic carbocycles. The second-order valence-corrected chi connectivity index (χ2v) is 3.83. The van der Waals surface area contributed by atoms with Crippen molar-refractivity contribution >= 4 is 11.6 Å². The summed E-state index contributed by atoms with van der Waals surface area (Å²) in [5.74, 6) is -0.414. The molecular formula is C12H15F3N2O2. The molecule has 1 aromatic rings. The number of hydrogen-bond donors (Lipinski definition) is 2. The number of rotatable bonds is 6. The quantitative estimate of drug-likeness (QED) is 0.782. The van der Waals surface area contributed by atoms with Gasteiger partial charge in [-0.2, -0.15) is 13.2 Å². The molecule has 1 rings (SSSR count). The van der Waals surface area contributed by atoms with Crippen LogP contribution in [0.3, 0.4) is 0 Å². The third-order valence-corrected chi connectivity index (χ3v) is 2.25. The van der Waals surface area contributed by atoms with Gasteiger partial charge < -0.3 is 15.8 Å². The van der Waals surface area contributed by atoms with Gasteiger partial charge in [0.05, 0.1) is 13.0 Å². The zero-order valence-electron chi connectivity index (χ0n) is 10.2. The number of ether oxygens (including phenoxy) is 1. The molecule has 0 aliphatic rings. The highest BCUT2D eigenvalue weighted by molar-refractivity contribution is 5.91. The van der Waals surface area contributed by atoms with E-state index >= 15 is 0 Å². The van der Waals surface area contributed by atoms with Crippen LogP contribution in [0.1, 0.15) is 12.0 Å². The van der Waals surface area contributed by atoms with Crippen molar-refractivity contribution in [3.05, 3.63) is 29.8 Å². The van der Waals surface area contributed by atoms with E-state index in [9.17, 15) is 18.0 Å². The molecule has 7 heteroatoms. The topological polar surface area (TPSA) is 64.3 Å². The predicted octanol–water partition coefficient (Wildman–Crippen LogP) is 2.05. The molecule has 0 saturated carbocycles. The monoisotopic (exact) mass is 276 g/mol. The number of nitrogens with two attached hydrogens (primary N) is 1. The summed E-state index contributed by atoms with van der Waals surface area (Å²) in [6.45, 7) is -1.36. The largest absolute Gasteiger partial charge is 0.411 e. The fraction of sp³-hybridized carbons (Fsp3) is 0.417. The van der Waals surface area contributed by atoms with Gasteiger partial charge in [0.2, 0.25) is 5.91 Å². The van der Waals surface area contributed by atoms with E-state index in [-0.39, 0.29) is 19.6 Å². The number of amides is 1. The normalized spacial score (nSPS) is 11.4. The molecule has 0 unspecified atom stereocenters. The summed E-state index contributed by atoms with van der Waals surface area (Å²) >= 11 is 0. The lowest BCUT2D eigenvalue weighted by atomic mass is 10.2. The fourth-order valence-corrected chi connectivity index (χ4v) is 1.39. The average Bonchev–Trinajstić information content (AvgIpc) is 2.34. The van der Waals surface area contributed by atoms with Gasteiger partial charge in [0.25, 0.3) is 0 Å². The zero-order chi connectivity index (χ0) is 14.3. The first-order valence-corrected chi connectivity index (χ1v) is 5.64. The van der Waals surface area contributed by atoms with Crippen molar-refractivity contribution in [2.45, 2.75) is 19.1 Å². The molecule has 0 atom stereocenters. The van der Waals surface area contributed by atoms with Crippen LogP contribution in [0.25, 0.3) is 0 Å². The molecule has 3 N–H and O–H groups in total. The zero-order valence-corrected chi connectivity index (χ0v) is 10.2. The second-order valence-electron chi connectivity index (χ2n) is 3.83.